The van der Waals surface area contributed by atoms with E-state index in [0.717, 1.165) is 36.1 Å². The predicted octanol–water partition coefficient (Wildman–Crippen LogP) is 7.61. The van der Waals surface area contributed by atoms with Crippen molar-refractivity contribution >= 4 is 22.5 Å². The molecular formula is C41H39F3N2O7. The standard InChI is InChI=1S/C41H39F3N2O7/c1-39(24-51-34-19-36-35(17-30(34)39)52-41(43,44)53-36)38(48)45-32-15-28-16-37(40(13-8-14-40)25-50-22-27-11-6-3-7-12-27)46(33(28)18-31(32)42)20-29(47)23-49-21-26-9-4-2-5-10-26/h2-7,9-12,15-19,29,47H,8,13-14,20-25H2,1H3,(H,45,48)/t29-,39+/m1/s1. The smallest absolute Gasteiger partial charge is 0.492 e. The van der Waals surface area contributed by atoms with Crippen molar-refractivity contribution in [3.8, 4) is 17.2 Å². The zero-order valence-electron chi connectivity index (χ0n) is 29.1. The first-order chi connectivity index (χ1) is 25.5. The van der Waals surface area contributed by atoms with Gasteiger partial charge in [-0.25, -0.2) is 4.39 Å². The molecule has 12 heteroatoms. The Morgan fingerprint density at radius 2 is 1.57 bits per heavy atom. The van der Waals surface area contributed by atoms with Gasteiger partial charge in [-0.05, 0) is 49.1 Å². The third-order valence-electron chi connectivity index (χ3n) is 10.5. The number of ether oxygens (including phenoxy) is 5. The van der Waals surface area contributed by atoms with E-state index in [1.54, 1.807) is 13.0 Å². The summed E-state index contributed by atoms with van der Waals surface area (Å²) in [7, 11) is 0. The number of anilines is 1. The lowest BCUT2D eigenvalue weighted by Crippen LogP contribution is -2.41. The average Bonchev–Trinajstić information content (AvgIpc) is 3.75. The third kappa shape index (κ3) is 6.82. The Bertz CT molecular complexity index is 2140. The highest BCUT2D eigenvalue weighted by atomic mass is 19.3. The highest BCUT2D eigenvalue weighted by Crippen LogP contribution is 2.50. The minimum atomic E-state index is -3.83. The molecule has 2 N–H and O–H groups in total. The molecule has 1 amide bonds. The van der Waals surface area contributed by atoms with Gasteiger partial charge in [0.25, 0.3) is 0 Å². The van der Waals surface area contributed by atoms with Gasteiger partial charge < -0.3 is 38.7 Å². The number of carbonyl (C=O) groups is 1. The van der Waals surface area contributed by atoms with Crippen molar-refractivity contribution in [2.24, 2.45) is 0 Å². The van der Waals surface area contributed by atoms with E-state index in [-0.39, 0.29) is 48.1 Å². The number of nitrogens with one attached hydrogen (secondary N) is 1. The number of aromatic nitrogens is 1. The van der Waals surface area contributed by atoms with Crippen LogP contribution >= 0.6 is 0 Å². The Hall–Kier alpha value is -5.04. The first-order valence-electron chi connectivity index (χ1n) is 17.7. The maximum Gasteiger partial charge on any atom is 0.586 e. The summed E-state index contributed by atoms with van der Waals surface area (Å²) in [5.74, 6) is -1.48. The molecule has 276 valence electrons. The molecule has 3 aliphatic rings. The fourth-order valence-corrected chi connectivity index (χ4v) is 7.46. The molecule has 3 heterocycles. The molecule has 53 heavy (non-hydrogen) atoms. The SMILES string of the molecule is C[C@]1(C(=O)Nc2cc3cc(C4(COCc5ccccc5)CCC4)n(C[C@@H](O)COCc4ccccc4)c3cc2F)COc2cc3c(cc21)OC(F)(F)O3. The van der Waals surface area contributed by atoms with Crippen molar-refractivity contribution in [3.63, 3.8) is 0 Å². The van der Waals surface area contributed by atoms with Crippen LogP contribution < -0.4 is 19.5 Å². The van der Waals surface area contributed by atoms with Crippen LogP contribution in [0.15, 0.2) is 91.0 Å². The lowest BCUT2D eigenvalue weighted by molar-refractivity contribution is -0.286. The summed E-state index contributed by atoms with van der Waals surface area (Å²) in [5.41, 5.74) is 2.07. The molecule has 0 spiro atoms. The van der Waals surface area contributed by atoms with Gasteiger partial charge in [0.05, 0.1) is 50.3 Å². The first kappa shape index (κ1) is 35.0. The second kappa shape index (κ2) is 13.7. The lowest BCUT2D eigenvalue weighted by Gasteiger charge is -2.42. The van der Waals surface area contributed by atoms with Crippen molar-refractivity contribution in [2.45, 2.75) is 69.2 Å². The number of rotatable bonds is 13. The third-order valence-corrected chi connectivity index (χ3v) is 10.5. The first-order valence-corrected chi connectivity index (χ1v) is 17.7. The molecule has 1 aromatic heterocycles. The van der Waals surface area contributed by atoms with Gasteiger partial charge in [-0.15, -0.1) is 8.78 Å². The van der Waals surface area contributed by atoms with Gasteiger partial charge in [0.1, 0.15) is 23.6 Å². The molecule has 1 fully saturated rings. The number of alkyl halides is 2. The largest absolute Gasteiger partial charge is 0.586 e. The lowest BCUT2D eigenvalue weighted by atomic mass is 9.67. The van der Waals surface area contributed by atoms with Crippen LogP contribution in [0.2, 0.25) is 0 Å². The summed E-state index contributed by atoms with van der Waals surface area (Å²) >= 11 is 0. The van der Waals surface area contributed by atoms with Gasteiger partial charge in [-0.3, -0.25) is 4.79 Å². The Morgan fingerprint density at radius 1 is 0.906 bits per heavy atom. The predicted molar refractivity (Wildman–Crippen MR) is 190 cm³/mol. The normalized spacial score (nSPS) is 19.7. The van der Waals surface area contributed by atoms with Crippen LogP contribution in [0.4, 0.5) is 18.9 Å². The van der Waals surface area contributed by atoms with E-state index in [1.807, 2.05) is 71.3 Å². The topological polar surface area (TPSA) is 100 Å². The number of amides is 1. The van der Waals surface area contributed by atoms with Crippen LogP contribution in [-0.2, 0) is 44.9 Å². The van der Waals surface area contributed by atoms with Crippen molar-refractivity contribution < 1.29 is 46.8 Å². The number of nitrogens with zero attached hydrogens (tertiary/aromatic N) is 1. The number of halogens is 3. The van der Waals surface area contributed by atoms with E-state index in [9.17, 15) is 18.7 Å². The Balaban J connectivity index is 1.07. The summed E-state index contributed by atoms with van der Waals surface area (Å²) in [4.78, 5) is 13.8. The molecule has 1 aliphatic carbocycles. The van der Waals surface area contributed by atoms with Crippen LogP contribution in [0.25, 0.3) is 10.9 Å². The van der Waals surface area contributed by atoms with Gasteiger partial charge >= 0.3 is 6.29 Å². The molecule has 0 unspecified atom stereocenters. The second-order valence-corrected chi connectivity index (χ2v) is 14.3. The maximum atomic E-state index is 16.1. The van der Waals surface area contributed by atoms with Gasteiger partial charge in [-0.1, -0.05) is 67.1 Å². The monoisotopic (exact) mass is 728 g/mol. The molecule has 2 aliphatic heterocycles. The highest BCUT2D eigenvalue weighted by molar-refractivity contribution is 6.01. The van der Waals surface area contributed by atoms with Crippen LogP contribution in [-0.4, -0.2) is 47.8 Å². The van der Waals surface area contributed by atoms with E-state index in [2.05, 4.69) is 14.8 Å². The molecule has 2 atom stereocenters. The number of hydrogen-bond donors (Lipinski definition) is 2. The molecule has 0 radical (unpaired) electrons. The van der Waals surface area contributed by atoms with E-state index in [4.69, 9.17) is 14.2 Å². The number of aliphatic hydroxyl groups is 1. The minimum Gasteiger partial charge on any atom is -0.492 e. The Morgan fingerprint density at radius 3 is 2.23 bits per heavy atom. The minimum absolute atomic E-state index is 0.0529. The summed E-state index contributed by atoms with van der Waals surface area (Å²) in [6.07, 6.45) is -2.02. The summed E-state index contributed by atoms with van der Waals surface area (Å²) in [5, 5.41) is 14.6. The van der Waals surface area contributed by atoms with Gasteiger partial charge in [0.2, 0.25) is 5.91 Å². The van der Waals surface area contributed by atoms with Gasteiger partial charge in [0, 0.05) is 34.2 Å². The zero-order valence-corrected chi connectivity index (χ0v) is 29.1. The van der Waals surface area contributed by atoms with E-state index in [0.29, 0.717) is 36.3 Å². The van der Waals surface area contributed by atoms with Crippen LogP contribution in [0.5, 0.6) is 17.2 Å². The molecule has 9 nitrogen and oxygen atoms in total. The van der Waals surface area contributed by atoms with E-state index < -0.39 is 29.5 Å². The molecular weight excluding hydrogens is 689 g/mol. The fourth-order valence-electron chi connectivity index (χ4n) is 7.46. The van der Waals surface area contributed by atoms with Gasteiger partial charge in [0.15, 0.2) is 11.5 Å². The summed E-state index contributed by atoms with van der Waals surface area (Å²) in [6.45, 7) is 2.94. The Labute approximate surface area is 304 Å². The number of hydrogen-bond acceptors (Lipinski definition) is 7. The van der Waals surface area contributed by atoms with Crippen molar-refractivity contribution in [1.29, 1.82) is 0 Å². The molecule has 4 aromatic carbocycles. The average molecular weight is 729 g/mol. The zero-order chi connectivity index (χ0) is 36.8. The molecule has 5 aromatic rings. The van der Waals surface area contributed by atoms with Crippen LogP contribution in [0.1, 0.15) is 48.6 Å². The Kier molecular flexibility index (Phi) is 9.08. The number of benzene rings is 4. The summed E-state index contributed by atoms with van der Waals surface area (Å²) in [6, 6.07) is 27.1. The van der Waals surface area contributed by atoms with E-state index in [1.165, 1.54) is 18.2 Å². The summed E-state index contributed by atoms with van der Waals surface area (Å²) < 4.78 is 72.5. The van der Waals surface area contributed by atoms with Crippen molar-refractivity contribution in [3.05, 3.63) is 119 Å². The number of aliphatic hydroxyl groups excluding tert-OH is 1. The number of carbonyl (C=O) groups excluding carboxylic acids is 1. The van der Waals surface area contributed by atoms with Crippen LogP contribution in [0, 0.1) is 5.82 Å². The quantitative estimate of drug-likeness (QED) is 0.129. The maximum absolute atomic E-state index is 16.1. The number of fused-ring (bicyclic) bond motifs is 3. The van der Waals surface area contributed by atoms with Crippen molar-refractivity contribution in [2.75, 3.05) is 25.1 Å². The molecule has 0 saturated heterocycles. The van der Waals surface area contributed by atoms with Crippen LogP contribution in [0.3, 0.4) is 0 Å². The van der Waals surface area contributed by atoms with Crippen molar-refractivity contribution in [1.82, 2.24) is 4.57 Å². The highest BCUT2D eigenvalue weighted by Gasteiger charge is 2.49. The van der Waals surface area contributed by atoms with Gasteiger partial charge in [-0.2, -0.15) is 0 Å². The molecule has 8 rings (SSSR count). The molecule has 1 saturated carbocycles. The van der Waals surface area contributed by atoms with E-state index >= 15 is 4.39 Å². The second-order valence-electron chi connectivity index (χ2n) is 14.3. The fraction of sp³-hybridized carbons (Fsp3) is 0.341. The molecule has 0 bridgehead atoms.